The fourth-order valence-electron chi connectivity index (χ4n) is 4.32. The number of hydrogen-bond acceptors (Lipinski definition) is 6. The van der Waals surface area contributed by atoms with Gasteiger partial charge in [0.2, 0.25) is 0 Å². The molecule has 0 fully saturated rings. The van der Waals surface area contributed by atoms with Gasteiger partial charge in [-0.3, -0.25) is 10.3 Å². The quantitative estimate of drug-likeness (QED) is 0.312. The van der Waals surface area contributed by atoms with Crippen LogP contribution in [0, 0.1) is 0 Å². The van der Waals surface area contributed by atoms with Gasteiger partial charge in [-0.25, -0.2) is 0 Å². The zero-order valence-corrected chi connectivity index (χ0v) is 21.2. The van der Waals surface area contributed by atoms with Crippen LogP contribution in [-0.2, 0) is 13.0 Å². The van der Waals surface area contributed by atoms with Gasteiger partial charge in [-0.1, -0.05) is 50.3 Å². The molecule has 2 aromatic rings. The van der Waals surface area contributed by atoms with E-state index in [9.17, 15) is 0 Å². The summed E-state index contributed by atoms with van der Waals surface area (Å²) >= 11 is 0. The van der Waals surface area contributed by atoms with Crippen molar-refractivity contribution in [1.29, 1.82) is 0 Å². The molecule has 2 heterocycles. The van der Waals surface area contributed by atoms with Crippen LogP contribution in [0.4, 0.5) is 5.69 Å². The molecule has 0 aliphatic carbocycles. The van der Waals surface area contributed by atoms with E-state index in [1.165, 1.54) is 23.4 Å². The molecule has 0 spiro atoms. The number of aryl methyl sites for hydroxylation is 1. The number of anilines is 1. The van der Waals surface area contributed by atoms with Crippen molar-refractivity contribution in [1.82, 2.24) is 25.8 Å². The van der Waals surface area contributed by atoms with E-state index in [0.29, 0.717) is 0 Å². The number of hydrogen-bond donors (Lipinski definition) is 3. The second kappa shape index (κ2) is 15.6. The first-order chi connectivity index (χ1) is 16.8. The van der Waals surface area contributed by atoms with Gasteiger partial charge >= 0.3 is 0 Å². The second-order valence-electron chi connectivity index (χ2n) is 8.94. The average Bonchev–Trinajstić information content (AvgIpc) is 2.88. The lowest BCUT2D eigenvalue weighted by Gasteiger charge is -2.28. The maximum atomic E-state index is 4.68. The highest BCUT2D eigenvalue weighted by atomic mass is 15.2. The molecular weight excluding hydrogens is 420 g/mol. The number of fused-ring (bicyclic) bond motifs is 1. The fraction of sp³-hybridized carbons (Fsp3) is 0.536. The lowest BCUT2D eigenvalue weighted by Crippen LogP contribution is -2.38. The van der Waals surface area contributed by atoms with Gasteiger partial charge in [-0.05, 0) is 62.7 Å². The molecule has 0 saturated carbocycles. The lowest BCUT2D eigenvalue weighted by molar-refractivity contribution is 0.272. The number of rotatable bonds is 17. The van der Waals surface area contributed by atoms with Crippen LogP contribution >= 0.6 is 0 Å². The third-order valence-electron chi connectivity index (χ3n) is 6.19. The number of para-hydroxylation sites is 1. The summed E-state index contributed by atoms with van der Waals surface area (Å²) in [5, 5.41) is 10.8. The van der Waals surface area contributed by atoms with Gasteiger partial charge in [-0.2, -0.15) is 0 Å². The molecule has 3 rings (SSSR count). The van der Waals surface area contributed by atoms with Crippen molar-refractivity contribution >= 4 is 11.8 Å². The molecule has 0 bridgehead atoms. The number of benzene rings is 1. The summed E-state index contributed by atoms with van der Waals surface area (Å²) in [6.45, 7) is 14.6. The molecule has 0 saturated heterocycles. The summed E-state index contributed by atoms with van der Waals surface area (Å²) in [5.41, 5.74) is 4.94. The van der Waals surface area contributed by atoms with E-state index in [0.717, 1.165) is 84.1 Å². The fourth-order valence-corrected chi connectivity index (χ4v) is 4.32. The molecule has 1 aromatic heterocycles. The predicted molar refractivity (Wildman–Crippen MR) is 145 cm³/mol. The second-order valence-corrected chi connectivity index (χ2v) is 8.94. The van der Waals surface area contributed by atoms with E-state index in [2.05, 4.69) is 99.2 Å². The molecule has 0 radical (unpaired) electrons. The average molecular weight is 465 g/mol. The van der Waals surface area contributed by atoms with Crippen molar-refractivity contribution in [3.05, 3.63) is 65.5 Å². The van der Waals surface area contributed by atoms with E-state index < -0.39 is 0 Å². The standard InChI is InChI=1S/C28H44N6/c1-3-19-33(22-18-30-23-27-13-7-12-26(4-2)32-27)21-17-29-15-9-16-31-24-34-20-8-11-25-10-5-6-14-28(25)34/h5-8,10-14,29-31H,3-4,9,15-24H2,1-2H3. The molecule has 34 heavy (non-hydrogen) atoms. The zero-order valence-electron chi connectivity index (χ0n) is 21.2. The Bertz CT molecular complexity index is 852. The Balaban J connectivity index is 1.21. The molecule has 0 atom stereocenters. The van der Waals surface area contributed by atoms with Gasteiger partial charge in [0.1, 0.15) is 0 Å². The van der Waals surface area contributed by atoms with Crippen molar-refractivity contribution in [2.24, 2.45) is 0 Å². The molecule has 6 heteroatoms. The number of nitrogens with one attached hydrogen (secondary N) is 3. The Kier molecular flexibility index (Phi) is 12.1. The summed E-state index contributed by atoms with van der Waals surface area (Å²) < 4.78 is 0. The van der Waals surface area contributed by atoms with Gasteiger partial charge in [0.25, 0.3) is 0 Å². The van der Waals surface area contributed by atoms with Crippen LogP contribution in [0.5, 0.6) is 0 Å². The predicted octanol–water partition coefficient (Wildman–Crippen LogP) is 3.51. The van der Waals surface area contributed by atoms with Crippen LogP contribution in [0.15, 0.2) is 48.5 Å². The highest BCUT2D eigenvalue weighted by Gasteiger charge is 2.11. The van der Waals surface area contributed by atoms with E-state index in [-0.39, 0.29) is 0 Å². The van der Waals surface area contributed by atoms with Crippen LogP contribution in [0.1, 0.15) is 43.6 Å². The number of nitrogens with zero attached hydrogens (tertiary/aromatic N) is 3. The molecule has 3 N–H and O–H groups in total. The summed E-state index contributed by atoms with van der Waals surface area (Å²) in [6, 6.07) is 14.9. The van der Waals surface area contributed by atoms with Gasteiger partial charge in [-0.15, -0.1) is 0 Å². The Hall–Kier alpha value is -2.25. The summed E-state index contributed by atoms with van der Waals surface area (Å²) in [4.78, 5) is 9.63. The maximum Gasteiger partial charge on any atom is 0.0685 e. The van der Waals surface area contributed by atoms with Gasteiger partial charge in [0.15, 0.2) is 0 Å². The molecule has 0 amide bonds. The first-order valence-electron chi connectivity index (χ1n) is 13.1. The minimum Gasteiger partial charge on any atom is -0.355 e. The Morgan fingerprint density at radius 3 is 2.50 bits per heavy atom. The summed E-state index contributed by atoms with van der Waals surface area (Å²) in [7, 11) is 0. The van der Waals surface area contributed by atoms with Crippen LogP contribution < -0.4 is 20.9 Å². The highest BCUT2D eigenvalue weighted by Crippen LogP contribution is 2.24. The van der Waals surface area contributed by atoms with Crippen LogP contribution in [-0.4, -0.2) is 68.9 Å². The van der Waals surface area contributed by atoms with Crippen molar-refractivity contribution in [2.45, 2.75) is 39.7 Å². The van der Waals surface area contributed by atoms with Crippen molar-refractivity contribution in [2.75, 3.05) is 63.9 Å². The van der Waals surface area contributed by atoms with Gasteiger partial charge < -0.3 is 20.4 Å². The van der Waals surface area contributed by atoms with Crippen LogP contribution in [0.2, 0.25) is 0 Å². The Morgan fingerprint density at radius 1 is 0.853 bits per heavy atom. The SMILES string of the molecule is CCCN(CCNCCCNCN1CC=Cc2ccccc21)CCNCc1cccc(CC)n1. The zero-order chi connectivity index (χ0) is 23.8. The van der Waals surface area contributed by atoms with E-state index in [1.807, 2.05) is 0 Å². The Labute approximate surface area is 206 Å². The van der Waals surface area contributed by atoms with Crippen molar-refractivity contribution in [3.63, 3.8) is 0 Å². The normalized spacial score (nSPS) is 13.0. The molecule has 1 aromatic carbocycles. The number of pyridine rings is 1. The largest absolute Gasteiger partial charge is 0.355 e. The first-order valence-corrected chi connectivity index (χ1v) is 13.1. The number of aromatic nitrogens is 1. The summed E-state index contributed by atoms with van der Waals surface area (Å²) in [5.74, 6) is 0. The summed E-state index contributed by atoms with van der Waals surface area (Å²) in [6.07, 6.45) is 7.79. The van der Waals surface area contributed by atoms with E-state index in [1.54, 1.807) is 0 Å². The minimum absolute atomic E-state index is 0.846. The van der Waals surface area contributed by atoms with Crippen LogP contribution in [0.25, 0.3) is 6.08 Å². The van der Waals surface area contributed by atoms with Crippen molar-refractivity contribution in [3.8, 4) is 0 Å². The maximum absolute atomic E-state index is 4.68. The molecule has 1 aliphatic heterocycles. The molecular formula is C28H44N6. The monoisotopic (exact) mass is 464 g/mol. The molecule has 1 aliphatic rings. The first kappa shape index (κ1) is 26.4. The Morgan fingerprint density at radius 2 is 1.65 bits per heavy atom. The van der Waals surface area contributed by atoms with Gasteiger partial charge in [0.05, 0.1) is 12.4 Å². The molecule has 6 nitrogen and oxygen atoms in total. The third-order valence-corrected chi connectivity index (χ3v) is 6.19. The third kappa shape index (κ3) is 9.18. The topological polar surface area (TPSA) is 55.5 Å². The molecule has 0 unspecified atom stereocenters. The van der Waals surface area contributed by atoms with Crippen molar-refractivity contribution < 1.29 is 0 Å². The minimum atomic E-state index is 0.846. The molecule has 186 valence electrons. The smallest absolute Gasteiger partial charge is 0.0685 e. The van der Waals surface area contributed by atoms with E-state index >= 15 is 0 Å². The van der Waals surface area contributed by atoms with Crippen LogP contribution in [0.3, 0.4) is 0 Å². The van der Waals surface area contributed by atoms with E-state index in [4.69, 9.17) is 0 Å². The highest BCUT2D eigenvalue weighted by molar-refractivity contribution is 5.71. The van der Waals surface area contributed by atoms with Gasteiger partial charge in [0, 0.05) is 50.6 Å². The lowest BCUT2D eigenvalue weighted by atomic mass is 10.1.